The number of aliphatic hydroxyl groups is 1. The van der Waals surface area contributed by atoms with Crippen LogP contribution < -0.4 is 0 Å². The average Bonchev–Trinajstić information content (AvgIpc) is 2.35. The number of hydrogen-bond donors (Lipinski definition) is 1. The Kier molecular flexibility index (Phi) is 4.83. The number of amides is 1. The molecule has 0 heterocycles. The molecule has 1 unspecified atom stereocenters. The normalized spacial score (nSPS) is 12.2. The van der Waals surface area contributed by atoms with Crippen molar-refractivity contribution in [3.8, 4) is 0 Å². The lowest BCUT2D eigenvalue weighted by atomic mass is 10.2. The minimum atomic E-state index is -0.164. The van der Waals surface area contributed by atoms with Crippen LogP contribution in [0.3, 0.4) is 0 Å². The Morgan fingerprint density at radius 3 is 2.69 bits per heavy atom. The summed E-state index contributed by atoms with van der Waals surface area (Å²) in [6.45, 7) is 1.79. The van der Waals surface area contributed by atoms with Crippen molar-refractivity contribution < 1.29 is 9.90 Å². The van der Waals surface area contributed by atoms with E-state index in [1.54, 1.807) is 23.7 Å². The van der Waals surface area contributed by atoms with E-state index in [2.05, 4.69) is 0 Å². The van der Waals surface area contributed by atoms with Crippen molar-refractivity contribution in [2.75, 3.05) is 19.9 Å². The van der Waals surface area contributed by atoms with Gasteiger partial charge in [-0.15, -0.1) is 11.8 Å². The van der Waals surface area contributed by atoms with Crippen LogP contribution >= 0.6 is 11.8 Å². The van der Waals surface area contributed by atoms with Gasteiger partial charge in [0, 0.05) is 11.9 Å². The Balaban J connectivity index is 2.95. The largest absolute Gasteiger partial charge is 0.394 e. The Labute approximate surface area is 100 Å². The van der Waals surface area contributed by atoms with Gasteiger partial charge in [0.05, 0.1) is 18.2 Å². The fourth-order valence-corrected chi connectivity index (χ4v) is 1.92. The van der Waals surface area contributed by atoms with Crippen LogP contribution in [0.15, 0.2) is 29.2 Å². The number of hydrogen-bond acceptors (Lipinski definition) is 3. The van der Waals surface area contributed by atoms with Crippen LogP contribution in [0.2, 0.25) is 0 Å². The molecule has 0 aliphatic heterocycles. The van der Waals surface area contributed by atoms with E-state index < -0.39 is 0 Å². The summed E-state index contributed by atoms with van der Waals surface area (Å²) in [7, 11) is 1.71. The lowest BCUT2D eigenvalue weighted by Gasteiger charge is -2.24. The van der Waals surface area contributed by atoms with Crippen molar-refractivity contribution in [2.24, 2.45) is 0 Å². The maximum atomic E-state index is 12.1. The molecule has 1 aromatic carbocycles. The zero-order chi connectivity index (χ0) is 12.1. The number of rotatable bonds is 4. The summed E-state index contributed by atoms with van der Waals surface area (Å²) < 4.78 is 0. The van der Waals surface area contributed by atoms with Gasteiger partial charge in [0.1, 0.15) is 0 Å². The molecular formula is C12H17NO2S. The lowest BCUT2D eigenvalue weighted by Crippen LogP contribution is -2.37. The van der Waals surface area contributed by atoms with Gasteiger partial charge in [0.25, 0.3) is 5.91 Å². The fourth-order valence-electron chi connectivity index (χ4n) is 1.33. The Morgan fingerprint density at radius 1 is 1.50 bits per heavy atom. The SMILES string of the molecule is CSc1ccccc1C(=O)N(C)C(C)CO. The standard InChI is InChI=1S/C12H17NO2S/c1-9(8-14)13(2)12(15)10-6-4-5-7-11(10)16-3/h4-7,9,14H,8H2,1-3H3. The molecule has 1 atom stereocenters. The topological polar surface area (TPSA) is 40.5 Å². The molecule has 3 nitrogen and oxygen atoms in total. The Bertz CT molecular complexity index is 368. The first-order valence-corrected chi connectivity index (χ1v) is 6.35. The zero-order valence-corrected chi connectivity index (χ0v) is 10.6. The van der Waals surface area contributed by atoms with Crippen molar-refractivity contribution in [1.82, 2.24) is 4.90 Å². The second kappa shape index (κ2) is 5.92. The molecule has 0 aliphatic carbocycles. The lowest BCUT2D eigenvalue weighted by molar-refractivity contribution is 0.0679. The van der Waals surface area contributed by atoms with Gasteiger partial charge in [0.15, 0.2) is 0 Å². The first kappa shape index (κ1) is 13.1. The number of thioether (sulfide) groups is 1. The molecule has 0 saturated heterocycles. The van der Waals surface area contributed by atoms with Crippen LogP contribution in [0.4, 0.5) is 0 Å². The quantitative estimate of drug-likeness (QED) is 0.815. The van der Waals surface area contributed by atoms with E-state index in [0.717, 1.165) is 4.90 Å². The van der Waals surface area contributed by atoms with Gasteiger partial charge in [-0.3, -0.25) is 4.79 Å². The van der Waals surface area contributed by atoms with Crippen LogP contribution in [-0.4, -0.2) is 41.9 Å². The molecule has 1 aromatic rings. The van der Waals surface area contributed by atoms with Gasteiger partial charge < -0.3 is 10.0 Å². The molecule has 4 heteroatoms. The van der Waals surface area contributed by atoms with Crippen LogP contribution in [0.1, 0.15) is 17.3 Å². The smallest absolute Gasteiger partial charge is 0.255 e. The number of aliphatic hydroxyl groups excluding tert-OH is 1. The van der Waals surface area contributed by atoms with Gasteiger partial charge >= 0.3 is 0 Å². The summed E-state index contributed by atoms with van der Waals surface area (Å²) >= 11 is 1.55. The Hall–Kier alpha value is -1.00. The molecule has 0 radical (unpaired) electrons. The highest BCUT2D eigenvalue weighted by molar-refractivity contribution is 7.98. The fraction of sp³-hybridized carbons (Fsp3) is 0.417. The van der Waals surface area contributed by atoms with E-state index in [1.165, 1.54) is 0 Å². The van der Waals surface area contributed by atoms with E-state index in [-0.39, 0.29) is 18.6 Å². The number of nitrogens with zero attached hydrogens (tertiary/aromatic N) is 1. The summed E-state index contributed by atoms with van der Waals surface area (Å²) in [5, 5.41) is 9.03. The van der Waals surface area contributed by atoms with E-state index >= 15 is 0 Å². The monoisotopic (exact) mass is 239 g/mol. The van der Waals surface area contributed by atoms with Crippen molar-refractivity contribution in [2.45, 2.75) is 17.9 Å². The molecule has 1 N–H and O–H groups in total. The molecule has 0 spiro atoms. The predicted octanol–water partition coefficient (Wildman–Crippen LogP) is 1.86. The second-order valence-corrected chi connectivity index (χ2v) is 4.50. The van der Waals surface area contributed by atoms with Crippen LogP contribution in [0, 0.1) is 0 Å². The van der Waals surface area contributed by atoms with Gasteiger partial charge in [0.2, 0.25) is 0 Å². The Morgan fingerprint density at radius 2 is 2.12 bits per heavy atom. The molecule has 0 saturated carbocycles. The first-order chi connectivity index (χ1) is 7.61. The number of likely N-dealkylation sites (N-methyl/N-ethyl adjacent to an activating group) is 1. The van der Waals surface area contributed by atoms with Gasteiger partial charge in [-0.25, -0.2) is 0 Å². The third kappa shape index (κ3) is 2.77. The first-order valence-electron chi connectivity index (χ1n) is 5.12. The second-order valence-electron chi connectivity index (χ2n) is 3.65. The number of carbonyl (C=O) groups is 1. The highest BCUT2D eigenvalue weighted by atomic mass is 32.2. The minimum absolute atomic E-state index is 0.0241. The molecule has 1 rings (SSSR count). The van der Waals surface area contributed by atoms with Crippen LogP contribution in [-0.2, 0) is 0 Å². The third-order valence-electron chi connectivity index (χ3n) is 2.58. The van der Waals surface area contributed by atoms with E-state index in [0.29, 0.717) is 5.56 Å². The summed E-state index contributed by atoms with van der Waals surface area (Å²) in [5.41, 5.74) is 0.692. The molecule has 16 heavy (non-hydrogen) atoms. The zero-order valence-electron chi connectivity index (χ0n) is 9.80. The van der Waals surface area contributed by atoms with Gasteiger partial charge in [-0.05, 0) is 25.3 Å². The van der Waals surface area contributed by atoms with E-state index in [4.69, 9.17) is 5.11 Å². The van der Waals surface area contributed by atoms with Crippen molar-refractivity contribution in [1.29, 1.82) is 0 Å². The molecule has 1 amide bonds. The van der Waals surface area contributed by atoms with Crippen molar-refractivity contribution >= 4 is 17.7 Å². The molecular weight excluding hydrogens is 222 g/mol. The number of carbonyl (C=O) groups excluding carboxylic acids is 1. The predicted molar refractivity (Wildman–Crippen MR) is 66.9 cm³/mol. The maximum absolute atomic E-state index is 12.1. The van der Waals surface area contributed by atoms with Gasteiger partial charge in [-0.1, -0.05) is 12.1 Å². The average molecular weight is 239 g/mol. The summed E-state index contributed by atoms with van der Waals surface area (Å²) in [6, 6.07) is 7.34. The number of benzene rings is 1. The third-order valence-corrected chi connectivity index (χ3v) is 3.38. The van der Waals surface area contributed by atoms with Crippen molar-refractivity contribution in [3.63, 3.8) is 0 Å². The minimum Gasteiger partial charge on any atom is -0.394 e. The van der Waals surface area contributed by atoms with E-state index in [1.807, 2.05) is 37.4 Å². The highest BCUT2D eigenvalue weighted by Crippen LogP contribution is 2.21. The molecule has 0 aromatic heterocycles. The summed E-state index contributed by atoms with van der Waals surface area (Å²) in [6.07, 6.45) is 1.95. The molecule has 88 valence electrons. The van der Waals surface area contributed by atoms with Gasteiger partial charge in [-0.2, -0.15) is 0 Å². The van der Waals surface area contributed by atoms with Crippen LogP contribution in [0.5, 0.6) is 0 Å². The highest BCUT2D eigenvalue weighted by Gasteiger charge is 2.18. The van der Waals surface area contributed by atoms with Crippen LogP contribution in [0.25, 0.3) is 0 Å². The maximum Gasteiger partial charge on any atom is 0.255 e. The summed E-state index contributed by atoms with van der Waals surface area (Å²) in [4.78, 5) is 14.7. The van der Waals surface area contributed by atoms with E-state index in [9.17, 15) is 4.79 Å². The molecule has 0 fully saturated rings. The summed E-state index contributed by atoms with van der Waals surface area (Å²) in [5.74, 6) is -0.0495. The molecule has 0 bridgehead atoms. The molecule has 0 aliphatic rings. The van der Waals surface area contributed by atoms with Crippen molar-refractivity contribution in [3.05, 3.63) is 29.8 Å².